The van der Waals surface area contributed by atoms with E-state index in [9.17, 15) is 9.18 Å². The zero-order valence-corrected chi connectivity index (χ0v) is 9.02. The molecule has 1 aromatic heterocycles. The van der Waals surface area contributed by atoms with E-state index in [1.165, 1.54) is 6.33 Å². The van der Waals surface area contributed by atoms with Crippen molar-refractivity contribution in [3.05, 3.63) is 17.7 Å². The molecule has 0 spiro atoms. The first-order valence-corrected chi connectivity index (χ1v) is 5.23. The third kappa shape index (κ3) is 1.80. The van der Waals surface area contributed by atoms with Crippen molar-refractivity contribution in [2.75, 3.05) is 6.61 Å². The summed E-state index contributed by atoms with van der Waals surface area (Å²) in [5.41, 5.74) is 6.85. The van der Waals surface area contributed by atoms with Gasteiger partial charge in [0.1, 0.15) is 12.2 Å². The highest BCUT2D eigenvalue weighted by Gasteiger charge is 2.30. The number of ether oxygens (including phenoxy) is 1. The van der Waals surface area contributed by atoms with Crippen molar-refractivity contribution < 1.29 is 13.9 Å². The van der Waals surface area contributed by atoms with Gasteiger partial charge in [0, 0.05) is 12.1 Å². The molecule has 0 saturated heterocycles. The van der Waals surface area contributed by atoms with E-state index >= 15 is 0 Å². The van der Waals surface area contributed by atoms with Crippen LogP contribution in [-0.2, 0) is 22.5 Å². The summed E-state index contributed by atoms with van der Waals surface area (Å²) < 4.78 is 19.6. The highest BCUT2D eigenvalue weighted by Crippen LogP contribution is 2.24. The third-order valence-electron chi connectivity index (χ3n) is 2.62. The Kier molecular flexibility index (Phi) is 2.91. The molecule has 0 fully saturated rings. The van der Waals surface area contributed by atoms with Crippen LogP contribution in [0, 0.1) is 0 Å². The number of aromatic nitrogens is 2. The molecular weight excluding hydrogens is 213 g/mol. The van der Waals surface area contributed by atoms with Gasteiger partial charge in [-0.2, -0.15) is 0 Å². The van der Waals surface area contributed by atoms with Crippen LogP contribution in [0.2, 0.25) is 0 Å². The summed E-state index contributed by atoms with van der Waals surface area (Å²) in [5, 5.41) is 0. The first-order chi connectivity index (χ1) is 7.63. The van der Waals surface area contributed by atoms with Crippen LogP contribution in [-0.4, -0.2) is 28.3 Å². The van der Waals surface area contributed by atoms with Crippen LogP contribution in [0.5, 0.6) is 0 Å². The highest BCUT2D eigenvalue weighted by atomic mass is 19.1. The van der Waals surface area contributed by atoms with Gasteiger partial charge in [0.15, 0.2) is 0 Å². The zero-order valence-electron chi connectivity index (χ0n) is 9.02. The molecule has 0 aliphatic carbocycles. The summed E-state index contributed by atoms with van der Waals surface area (Å²) >= 11 is 0. The number of fused-ring (bicyclic) bond motifs is 1. The maximum Gasteiger partial charge on any atom is 0.329 e. The van der Waals surface area contributed by atoms with E-state index in [-0.39, 0.29) is 19.6 Å². The van der Waals surface area contributed by atoms with Gasteiger partial charge in [-0.05, 0) is 6.92 Å². The van der Waals surface area contributed by atoms with Gasteiger partial charge >= 0.3 is 5.97 Å². The minimum Gasteiger partial charge on any atom is -0.465 e. The van der Waals surface area contributed by atoms with E-state index < -0.39 is 18.2 Å². The van der Waals surface area contributed by atoms with E-state index in [1.54, 1.807) is 11.5 Å². The average Bonchev–Trinajstić information content (AvgIpc) is 2.75. The minimum absolute atomic E-state index is 0.266. The maximum atomic E-state index is 13.1. The van der Waals surface area contributed by atoms with Crippen molar-refractivity contribution in [1.82, 2.24) is 9.55 Å². The fraction of sp³-hybridized carbons (Fsp3) is 0.600. The Hall–Kier alpha value is -1.43. The highest BCUT2D eigenvalue weighted by molar-refractivity contribution is 5.77. The first-order valence-electron chi connectivity index (χ1n) is 5.23. The number of hydrogen-bond donors (Lipinski definition) is 1. The van der Waals surface area contributed by atoms with Crippen LogP contribution in [0.15, 0.2) is 6.33 Å². The maximum absolute atomic E-state index is 13.1. The second-order valence-electron chi connectivity index (χ2n) is 3.76. The Morgan fingerprint density at radius 2 is 2.62 bits per heavy atom. The zero-order chi connectivity index (χ0) is 11.7. The molecule has 6 heteroatoms. The molecule has 2 atom stereocenters. The van der Waals surface area contributed by atoms with E-state index in [4.69, 9.17) is 10.5 Å². The van der Waals surface area contributed by atoms with Gasteiger partial charge in [-0.3, -0.25) is 0 Å². The molecular formula is C10H14FN3O2. The second kappa shape index (κ2) is 4.21. The lowest BCUT2D eigenvalue weighted by molar-refractivity contribution is -0.144. The van der Waals surface area contributed by atoms with E-state index in [1.807, 2.05) is 0 Å². The first kappa shape index (κ1) is 11.1. The number of esters is 1. The second-order valence-corrected chi connectivity index (χ2v) is 3.76. The number of halogens is 1. The predicted molar refractivity (Wildman–Crippen MR) is 54.4 cm³/mol. The van der Waals surface area contributed by atoms with Gasteiger partial charge < -0.3 is 15.0 Å². The number of imidazole rings is 1. The molecule has 0 aromatic carbocycles. The Labute approximate surface area is 92.4 Å². The van der Waals surface area contributed by atoms with Crippen molar-refractivity contribution in [2.45, 2.75) is 32.1 Å². The number of nitrogens with two attached hydrogens (primary N) is 1. The van der Waals surface area contributed by atoms with Crippen LogP contribution in [0.4, 0.5) is 4.39 Å². The molecule has 88 valence electrons. The van der Waals surface area contributed by atoms with Crippen LogP contribution < -0.4 is 5.73 Å². The molecule has 1 aliphatic rings. The van der Waals surface area contributed by atoms with E-state index in [2.05, 4.69) is 4.98 Å². The molecule has 5 nitrogen and oxygen atoms in total. The summed E-state index contributed by atoms with van der Waals surface area (Å²) in [6.45, 7) is 2.27. The van der Waals surface area contributed by atoms with Crippen molar-refractivity contribution in [1.29, 1.82) is 0 Å². The van der Waals surface area contributed by atoms with Gasteiger partial charge in [0.2, 0.25) is 0 Å². The molecule has 0 bridgehead atoms. The van der Waals surface area contributed by atoms with Crippen LogP contribution in [0.3, 0.4) is 0 Å². The van der Waals surface area contributed by atoms with Crippen LogP contribution in [0.25, 0.3) is 0 Å². The van der Waals surface area contributed by atoms with E-state index in [0.717, 1.165) is 0 Å². The lowest BCUT2D eigenvalue weighted by Gasteiger charge is -2.09. The normalized spacial score (nSPS) is 20.6. The van der Waals surface area contributed by atoms with Gasteiger partial charge in [-0.25, -0.2) is 14.2 Å². The van der Waals surface area contributed by atoms with Crippen molar-refractivity contribution in [2.24, 2.45) is 5.73 Å². The van der Waals surface area contributed by atoms with Gasteiger partial charge in [-0.1, -0.05) is 0 Å². The molecule has 1 aromatic rings. The molecule has 16 heavy (non-hydrogen) atoms. The Morgan fingerprint density at radius 3 is 3.31 bits per heavy atom. The van der Waals surface area contributed by atoms with Crippen LogP contribution >= 0.6 is 0 Å². The number of alkyl halides is 1. The Balaban J connectivity index is 2.19. The molecule has 0 saturated carbocycles. The fourth-order valence-electron chi connectivity index (χ4n) is 1.89. The number of rotatable bonds is 3. The number of carbonyl (C=O) groups is 1. The summed E-state index contributed by atoms with van der Waals surface area (Å²) in [6.07, 6.45) is 0.873. The number of nitrogens with zero attached hydrogens (tertiary/aromatic N) is 2. The molecule has 1 aliphatic heterocycles. The van der Waals surface area contributed by atoms with Gasteiger partial charge in [0.25, 0.3) is 0 Å². The topological polar surface area (TPSA) is 70.1 Å². The number of hydrogen-bond acceptors (Lipinski definition) is 4. The fourth-order valence-corrected chi connectivity index (χ4v) is 1.89. The lowest BCUT2D eigenvalue weighted by Crippen LogP contribution is -2.25. The lowest BCUT2D eigenvalue weighted by atomic mass is 10.1. The monoisotopic (exact) mass is 227 g/mol. The molecule has 2 N–H and O–H groups in total. The Morgan fingerprint density at radius 1 is 1.88 bits per heavy atom. The summed E-state index contributed by atoms with van der Waals surface area (Å²) in [6, 6.07) is -0.915. The molecule has 2 heterocycles. The van der Waals surface area contributed by atoms with E-state index in [0.29, 0.717) is 11.4 Å². The van der Waals surface area contributed by atoms with Gasteiger partial charge in [0.05, 0.1) is 25.2 Å². The standard InChI is InChI=1S/C10H14FN3O2/c1-2-16-10(15)8(12)9-7-3-6(11)4-14(7)5-13-9/h5-6,8H,2-4,12H2,1H3/t6-,8-/m1/s1. The summed E-state index contributed by atoms with van der Waals surface area (Å²) in [7, 11) is 0. The minimum atomic E-state index is -0.915. The average molecular weight is 227 g/mol. The summed E-state index contributed by atoms with van der Waals surface area (Å²) in [4.78, 5) is 15.5. The molecule has 0 radical (unpaired) electrons. The molecule has 0 unspecified atom stereocenters. The molecule has 0 amide bonds. The summed E-state index contributed by atoms with van der Waals surface area (Å²) in [5.74, 6) is -0.522. The van der Waals surface area contributed by atoms with Crippen molar-refractivity contribution in [3.63, 3.8) is 0 Å². The quantitative estimate of drug-likeness (QED) is 0.756. The Bertz CT molecular complexity index is 405. The largest absolute Gasteiger partial charge is 0.465 e. The number of carbonyl (C=O) groups excluding carboxylic acids is 1. The smallest absolute Gasteiger partial charge is 0.329 e. The SMILES string of the molecule is CCOC(=O)[C@H](N)c1ncn2c1C[C@@H](F)C2. The molecule has 2 rings (SSSR count). The third-order valence-corrected chi connectivity index (χ3v) is 2.62. The van der Waals surface area contributed by atoms with Crippen LogP contribution in [0.1, 0.15) is 24.4 Å². The van der Waals surface area contributed by atoms with Crippen molar-refractivity contribution >= 4 is 5.97 Å². The van der Waals surface area contributed by atoms with Gasteiger partial charge in [-0.15, -0.1) is 0 Å². The predicted octanol–water partition coefficient (Wildman–Crippen LogP) is 0.340. The van der Waals surface area contributed by atoms with Crippen molar-refractivity contribution in [3.8, 4) is 0 Å².